The first-order chi connectivity index (χ1) is 17.8. The Bertz CT molecular complexity index is 1590. The summed E-state index contributed by atoms with van der Waals surface area (Å²) in [5, 5.41) is 6.34. The van der Waals surface area contributed by atoms with Crippen molar-refractivity contribution in [2.24, 2.45) is 0 Å². The van der Waals surface area contributed by atoms with Gasteiger partial charge < -0.3 is 14.0 Å². The first kappa shape index (κ1) is 22.1. The van der Waals surface area contributed by atoms with E-state index in [4.69, 9.17) is 14.0 Å². The molecule has 0 fully saturated rings. The maximum Gasteiger partial charge on any atom is 0.864 e. The highest BCUT2D eigenvalue weighted by Crippen LogP contribution is 2.33. The molecule has 0 saturated heterocycles. The third kappa shape index (κ3) is 4.22. The van der Waals surface area contributed by atoms with Crippen LogP contribution in [0.1, 0.15) is 12.5 Å². The van der Waals surface area contributed by atoms with Gasteiger partial charge in [0.2, 0.25) is 0 Å². The summed E-state index contributed by atoms with van der Waals surface area (Å²) in [6.45, 7) is 2.13. The summed E-state index contributed by atoms with van der Waals surface area (Å²) in [7, 11) is -1.00. The molecule has 0 heterocycles. The van der Waals surface area contributed by atoms with Gasteiger partial charge >= 0.3 is 7.32 Å². The van der Waals surface area contributed by atoms with Gasteiger partial charge in [-0.25, -0.2) is 0 Å². The summed E-state index contributed by atoms with van der Waals surface area (Å²) < 4.78 is 19.6. The topological polar surface area (TPSA) is 27.7 Å². The molecular formula is C32H25BO3. The van der Waals surface area contributed by atoms with Crippen molar-refractivity contribution in [3.05, 3.63) is 127 Å². The molecule has 0 radical (unpaired) electrons. The first-order valence-electron chi connectivity index (χ1n) is 12.3. The van der Waals surface area contributed by atoms with Crippen LogP contribution in [0.5, 0.6) is 17.2 Å². The Kier molecular flexibility index (Phi) is 5.92. The molecule has 3 nitrogen and oxygen atoms in total. The third-order valence-electron chi connectivity index (χ3n) is 6.50. The smallest absolute Gasteiger partial charge is 0.489 e. The van der Waals surface area contributed by atoms with E-state index in [2.05, 4.69) is 67.6 Å². The molecule has 36 heavy (non-hydrogen) atoms. The van der Waals surface area contributed by atoms with Gasteiger partial charge in [0.1, 0.15) is 17.2 Å². The molecule has 174 valence electrons. The second-order valence-electron chi connectivity index (χ2n) is 8.73. The monoisotopic (exact) mass is 468 g/mol. The average Bonchev–Trinajstić information content (AvgIpc) is 2.93. The van der Waals surface area contributed by atoms with Gasteiger partial charge in [0, 0.05) is 16.2 Å². The van der Waals surface area contributed by atoms with Crippen LogP contribution < -0.4 is 14.0 Å². The third-order valence-corrected chi connectivity index (χ3v) is 6.50. The molecule has 6 rings (SSSR count). The standard InChI is InChI=1S/C32H25BO3/c1-2-23-21-22-26-13-5-8-18-29(26)32(23)36-33(34-30-19-9-14-24-11-3-6-16-27(24)30)35-31-20-10-15-25-12-4-7-17-28(25)31/h3-22H,2H2,1H3. The van der Waals surface area contributed by atoms with Crippen LogP contribution >= 0.6 is 0 Å². The Morgan fingerprint density at radius 2 is 0.944 bits per heavy atom. The molecule has 6 aromatic rings. The van der Waals surface area contributed by atoms with Crippen LogP contribution in [0.15, 0.2) is 121 Å². The van der Waals surface area contributed by atoms with E-state index in [0.29, 0.717) is 11.5 Å². The fourth-order valence-corrected chi connectivity index (χ4v) is 4.68. The summed E-state index contributed by atoms with van der Waals surface area (Å²) in [4.78, 5) is 0. The largest absolute Gasteiger partial charge is 0.864 e. The predicted octanol–water partition coefficient (Wildman–Crippen LogP) is 8.23. The van der Waals surface area contributed by atoms with Crippen molar-refractivity contribution in [2.45, 2.75) is 13.3 Å². The van der Waals surface area contributed by atoms with Gasteiger partial charge in [0.05, 0.1) is 0 Å². The van der Waals surface area contributed by atoms with E-state index in [1.807, 2.05) is 60.7 Å². The molecule has 0 N–H and O–H groups in total. The number of aryl methyl sites for hydroxylation is 1. The lowest BCUT2D eigenvalue weighted by atomic mass is 10.0. The van der Waals surface area contributed by atoms with Crippen LogP contribution in [0, 0.1) is 0 Å². The van der Waals surface area contributed by atoms with Crippen LogP contribution in [0.4, 0.5) is 0 Å². The van der Waals surface area contributed by atoms with Crippen molar-refractivity contribution >= 4 is 39.6 Å². The average molecular weight is 468 g/mol. The Morgan fingerprint density at radius 1 is 0.472 bits per heavy atom. The van der Waals surface area contributed by atoms with Gasteiger partial charge in [-0.05, 0) is 40.3 Å². The Labute approximate surface area is 211 Å². The van der Waals surface area contributed by atoms with Crippen LogP contribution in [0.2, 0.25) is 0 Å². The number of rotatable bonds is 7. The van der Waals surface area contributed by atoms with Crippen molar-refractivity contribution in [2.75, 3.05) is 0 Å². The van der Waals surface area contributed by atoms with Crippen LogP contribution in [-0.2, 0) is 6.42 Å². The summed E-state index contributed by atoms with van der Waals surface area (Å²) in [5.74, 6) is 2.19. The number of hydrogen-bond donors (Lipinski definition) is 0. The van der Waals surface area contributed by atoms with Crippen LogP contribution in [0.3, 0.4) is 0 Å². The fraction of sp³-hybridized carbons (Fsp3) is 0.0625. The van der Waals surface area contributed by atoms with Crippen molar-refractivity contribution in [1.29, 1.82) is 0 Å². The Hall–Kier alpha value is -4.44. The zero-order chi connectivity index (χ0) is 24.3. The van der Waals surface area contributed by atoms with E-state index in [0.717, 1.165) is 50.1 Å². The lowest BCUT2D eigenvalue weighted by molar-refractivity contribution is 0.310. The maximum absolute atomic E-state index is 6.61. The molecule has 0 amide bonds. The highest BCUT2D eigenvalue weighted by molar-refractivity contribution is 6.40. The van der Waals surface area contributed by atoms with E-state index in [1.54, 1.807) is 0 Å². The lowest BCUT2D eigenvalue weighted by Gasteiger charge is -2.21. The summed E-state index contributed by atoms with van der Waals surface area (Å²) in [6, 6.07) is 40.8. The molecule has 0 bridgehead atoms. The first-order valence-corrected chi connectivity index (χ1v) is 12.3. The molecule has 0 aliphatic rings. The second-order valence-corrected chi connectivity index (χ2v) is 8.73. The minimum Gasteiger partial charge on any atom is -0.489 e. The van der Waals surface area contributed by atoms with Gasteiger partial charge in [-0.2, -0.15) is 0 Å². The summed E-state index contributed by atoms with van der Waals surface area (Å²) >= 11 is 0. The summed E-state index contributed by atoms with van der Waals surface area (Å²) in [6.07, 6.45) is 0.829. The number of fused-ring (bicyclic) bond motifs is 3. The zero-order valence-electron chi connectivity index (χ0n) is 20.1. The number of hydrogen-bond acceptors (Lipinski definition) is 3. The van der Waals surface area contributed by atoms with Gasteiger partial charge in [-0.15, -0.1) is 0 Å². The fourth-order valence-electron chi connectivity index (χ4n) is 4.68. The van der Waals surface area contributed by atoms with Gasteiger partial charge in [-0.1, -0.05) is 116 Å². The molecule has 6 aromatic carbocycles. The molecule has 4 heteroatoms. The molecule has 0 aromatic heterocycles. The Morgan fingerprint density at radius 3 is 1.50 bits per heavy atom. The van der Waals surface area contributed by atoms with Crippen molar-refractivity contribution < 1.29 is 14.0 Å². The van der Waals surface area contributed by atoms with Crippen molar-refractivity contribution in [3.63, 3.8) is 0 Å². The molecular weight excluding hydrogens is 443 g/mol. The zero-order valence-corrected chi connectivity index (χ0v) is 20.1. The van der Waals surface area contributed by atoms with Crippen LogP contribution in [0.25, 0.3) is 32.3 Å². The molecule has 0 aliphatic heterocycles. The quantitative estimate of drug-likeness (QED) is 0.221. The predicted molar refractivity (Wildman–Crippen MR) is 149 cm³/mol. The molecule has 0 aliphatic carbocycles. The maximum atomic E-state index is 6.61. The van der Waals surface area contributed by atoms with Gasteiger partial charge in [0.25, 0.3) is 0 Å². The lowest BCUT2D eigenvalue weighted by Crippen LogP contribution is -2.37. The van der Waals surface area contributed by atoms with E-state index < -0.39 is 7.32 Å². The Balaban J connectivity index is 1.45. The summed E-state index contributed by atoms with van der Waals surface area (Å²) in [5.41, 5.74) is 1.10. The van der Waals surface area contributed by atoms with Gasteiger partial charge in [-0.3, -0.25) is 0 Å². The SMILES string of the molecule is CCc1ccc2ccccc2c1OB(Oc1cccc2ccccc12)Oc1cccc2ccccc12. The molecule has 0 spiro atoms. The highest BCUT2D eigenvalue weighted by atomic mass is 16.7. The van der Waals surface area contributed by atoms with E-state index in [-0.39, 0.29) is 0 Å². The highest BCUT2D eigenvalue weighted by Gasteiger charge is 2.33. The van der Waals surface area contributed by atoms with E-state index >= 15 is 0 Å². The van der Waals surface area contributed by atoms with Crippen LogP contribution in [-0.4, -0.2) is 7.32 Å². The normalized spacial score (nSPS) is 11.0. The molecule has 0 saturated carbocycles. The molecule has 0 atom stereocenters. The van der Waals surface area contributed by atoms with Crippen molar-refractivity contribution in [1.82, 2.24) is 0 Å². The minimum absolute atomic E-state index is 0.705. The van der Waals surface area contributed by atoms with Gasteiger partial charge in [0.15, 0.2) is 0 Å². The van der Waals surface area contributed by atoms with E-state index in [1.165, 1.54) is 0 Å². The number of benzene rings is 6. The minimum atomic E-state index is -1.00. The molecule has 0 unspecified atom stereocenters. The van der Waals surface area contributed by atoms with E-state index in [9.17, 15) is 0 Å². The van der Waals surface area contributed by atoms with Crippen molar-refractivity contribution in [3.8, 4) is 17.2 Å². The second kappa shape index (κ2) is 9.67.